The van der Waals surface area contributed by atoms with Gasteiger partial charge in [0.2, 0.25) is 0 Å². The van der Waals surface area contributed by atoms with Gasteiger partial charge in [0.15, 0.2) is 0 Å². The molecule has 1 N–H and O–H groups in total. The lowest BCUT2D eigenvalue weighted by atomic mass is 10.1. The van der Waals surface area contributed by atoms with E-state index in [1.807, 2.05) is 48.5 Å². The predicted octanol–water partition coefficient (Wildman–Crippen LogP) is 5.15. The molecule has 1 heterocycles. The number of rotatable bonds is 3. The molecule has 3 aromatic rings. The van der Waals surface area contributed by atoms with E-state index in [1.165, 1.54) is 0 Å². The van der Waals surface area contributed by atoms with Crippen LogP contribution in [0.4, 0.5) is 5.69 Å². The molecule has 0 fully saturated rings. The number of anilines is 1. The highest BCUT2D eigenvalue weighted by Gasteiger charge is 2.04. The van der Waals surface area contributed by atoms with Gasteiger partial charge in [0.1, 0.15) is 5.15 Å². The van der Waals surface area contributed by atoms with Crippen molar-refractivity contribution in [2.45, 2.75) is 6.54 Å². The molecule has 0 aliphatic heterocycles. The van der Waals surface area contributed by atoms with E-state index >= 15 is 0 Å². The van der Waals surface area contributed by atoms with Gasteiger partial charge >= 0.3 is 0 Å². The molecule has 0 saturated carbocycles. The summed E-state index contributed by atoms with van der Waals surface area (Å²) in [4.78, 5) is 4.41. The number of pyridine rings is 1. The van der Waals surface area contributed by atoms with Crippen molar-refractivity contribution < 1.29 is 0 Å². The van der Waals surface area contributed by atoms with Crippen LogP contribution in [0.15, 0.2) is 54.6 Å². The normalized spacial score (nSPS) is 10.7. The molecule has 0 bridgehead atoms. The standard InChI is InChI=1S/C16H12Cl2N2/c17-13-5-7-14(8-6-13)19-10-12-9-11-3-1-2-4-15(11)20-16(12)18/h1-9,19H,10H2. The fraction of sp³-hybridized carbons (Fsp3) is 0.0625. The van der Waals surface area contributed by atoms with Gasteiger partial charge in [-0.15, -0.1) is 0 Å². The zero-order valence-electron chi connectivity index (χ0n) is 10.6. The van der Waals surface area contributed by atoms with Crippen LogP contribution in [-0.4, -0.2) is 4.98 Å². The van der Waals surface area contributed by atoms with E-state index in [0.717, 1.165) is 27.2 Å². The summed E-state index contributed by atoms with van der Waals surface area (Å²) in [6.07, 6.45) is 0. The third-order valence-corrected chi connectivity index (χ3v) is 3.66. The second kappa shape index (κ2) is 5.70. The SMILES string of the molecule is Clc1ccc(NCc2cc3ccccc3nc2Cl)cc1. The molecule has 0 radical (unpaired) electrons. The third-order valence-electron chi connectivity index (χ3n) is 3.08. The van der Waals surface area contributed by atoms with Crippen LogP contribution in [0.3, 0.4) is 0 Å². The zero-order valence-corrected chi connectivity index (χ0v) is 12.1. The molecule has 0 spiro atoms. The Labute approximate surface area is 127 Å². The lowest BCUT2D eigenvalue weighted by Gasteiger charge is -2.09. The van der Waals surface area contributed by atoms with E-state index in [2.05, 4.69) is 16.4 Å². The van der Waals surface area contributed by atoms with Crippen molar-refractivity contribution in [3.8, 4) is 0 Å². The van der Waals surface area contributed by atoms with Gasteiger partial charge in [-0.1, -0.05) is 41.4 Å². The first-order valence-corrected chi connectivity index (χ1v) is 7.01. The predicted molar refractivity (Wildman–Crippen MR) is 85.5 cm³/mol. The van der Waals surface area contributed by atoms with Gasteiger partial charge < -0.3 is 5.32 Å². The van der Waals surface area contributed by atoms with E-state index in [-0.39, 0.29) is 0 Å². The van der Waals surface area contributed by atoms with Crippen LogP contribution in [-0.2, 0) is 6.54 Å². The van der Waals surface area contributed by atoms with Gasteiger partial charge in [0, 0.05) is 28.2 Å². The Bertz CT molecular complexity index is 739. The van der Waals surface area contributed by atoms with Crippen molar-refractivity contribution in [3.63, 3.8) is 0 Å². The Morgan fingerprint density at radius 2 is 1.70 bits per heavy atom. The first-order valence-electron chi connectivity index (χ1n) is 6.26. The number of nitrogens with one attached hydrogen (secondary N) is 1. The molecule has 2 nitrogen and oxygen atoms in total. The molecule has 20 heavy (non-hydrogen) atoms. The van der Waals surface area contributed by atoms with E-state index in [0.29, 0.717) is 11.7 Å². The summed E-state index contributed by atoms with van der Waals surface area (Å²) in [5, 5.41) is 5.65. The van der Waals surface area contributed by atoms with Gasteiger partial charge in [-0.25, -0.2) is 4.98 Å². The Morgan fingerprint density at radius 1 is 0.950 bits per heavy atom. The molecular weight excluding hydrogens is 291 g/mol. The lowest BCUT2D eigenvalue weighted by molar-refractivity contribution is 1.13. The number of fused-ring (bicyclic) bond motifs is 1. The van der Waals surface area contributed by atoms with Crippen LogP contribution in [0.1, 0.15) is 5.56 Å². The molecule has 0 unspecified atom stereocenters. The number of hydrogen-bond acceptors (Lipinski definition) is 2. The quantitative estimate of drug-likeness (QED) is 0.676. The fourth-order valence-corrected chi connectivity index (χ4v) is 2.36. The lowest BCUT2D eigenvalue weighted by Crippen LogP contribution is -2.01. The first kappa shape index (κ1) is 13.2. The van der Waals surface area contributed by atoms with Crippen molar-refractivity contribution in [1.29, 1.82) is 0 Å². The molecule has 0 amide bonds. The third kappa shape index (κ3) is 2.87. The van der Waals surface area contributed by atoms with Crippen LogP contribution < -0.4 is 5.32 Å². The molecule has 0 aliphatic carbocycles. The van der Waals surface area contributed by atoms with E-state index in [1.54, 1.807) is 0 Å². The van der Waals surface area contributed by atoms with Crippen LogP contribution in [0.2, 0.25) is 10.2 Å². The summed E-state index contributed by atoms with van der Waals surface area (Å²) in [5.41, 5.74) is 2.88. The maximum Gasteiger partial charge on any atom is 0.134 e. The Hall–Kier alpha value is -1.77. The largest absolute Gasteiger partial charge is 0.381 e. The summed E-state index contributed by atoms with van der Waals surface area (Å²) < 4.78 is 0. The molecule has 0 aliphatic rings. The smallest absolute Gasteiger partial charge is 0.134 e. The molecule has 4 heteroatoms. The summed E-state index contributed by atoms with van der Waals surface area (Å²) in [6, 6.07) is 17.6. The fourth-order valence-electron chi connectivity index (χ4n) is 2.03. The summed E-state index contributed by atoms with van der Waals surface area (Å²) in [5.74, 6) is 0. The van der Waals surface area contributed by atoms with Gasteiger partial charge in [0.05, 0.1) is 5.52 Å². The van der Waals surface area contributed by atoms with Gasteiger partial charge in [-0.05, 0) is 36.4 Å². The number of halogens is 2. The molecule has 1 aromatic heterocycles. The second-order valence-electron chi connectivity index (χ2n) is 4.49. The van der Waals surface area contributed by atoms with Crippen molar-refractivity contribution in [2.75, 3.05) is 5.32 Å². The topological polar surface area (TPSA) is 24.9 Å². The minimum Gasteiger partial charge on any atom is -0.381 e. The van der Waals surface area contributed by atoms with Gasteiger partial charge in [-0.2, -0.15) is 0 Å². The van der Waals surface area contributed by atoms with Crippen LogP contribution in [0, 0.1) is 0 Å². The van der Waals surface area contributed by atoms with Crippen LogP contribution >= 0.6 is 23.2 Å². The van der Waals surface area contributed by atoms with E-state index < -0.39 is 0 Å². The molecular formula is C16H12Cl2N2. The number of nitrogens with zero attached hydrogens (tertiary/aromatic N) is 1. The maximum absolute atomic E-state index is 6.22. The summed E-state index contributed by atoms with van der Waals surface area (Å²) in [7, 11) is 0. The Balaban J connectivity index is 1.83. The van der Waals surface area contributed by atoms with Gasteiger partial charge in [-0.3, -0.25) is 0 Å². The minimum atomic E-state index is 0.533. The monoisotopic (exact) mass is 302 g/mol. The average Bonchev–Trinajstić information content (AvgIpc) is 2.47. The van der Waals surface area contributed by atoms with Crippen LogP contribution in [0.25, 0.3) is 10.9 Å². The molecule has 0 atom stereocenters. The summed E-state index contributed by atoms with van der Waals surface area (Å²) >= 11 is 12.1. The van der Waals surface area contributed by atoms with Crippen molar-refractivity contribution >= 4 is 39.8 Å². The molecule has 3 rings (SSSR count). The Kier molecular flexibility index (Phi) is 3.77. The average molecular weight is 303 g/mol. The number of aromatic nitrogens is 1. The first-order chi connectivity index (χ1) is 9.72. The Morgan fingerprint density at radius 3 is 2.50 bits per heavy atom. The molecule has 100 valence electrons. The number of para-hydroxylation sites is 1. The number of benzene rings is 2. The van der Waals surface area contributed by atoms with Crippen LogP contribution in [0.5, 0.6) is 0 Å². The van der Waals surface area contributed by atoms with E-state index in [9.17, 15) is 0 Å². The molecule has 2 aromatic carbocycles. The van der Waals surface area contributed by atoms with Gasteiger partial charge in [0.25, 0.3) is 0 Å². The summed E-state index contributed by atoms with van der Waals surface area (Å²) in [6.45, 7) is 0.623. The minimum absolute atomic E-state index is 0.533. The highest BCUT2D eigenvalue weighted by atomic mass is 35.5. The highest BCUT2D eigenvalue weighted by Crippen LogP contribution is 2.22. The number of hydrogen-bond donors (Lipinski definition) is 1. The molecule has 0 saturated heterocycles. The van der Waals surface area contributed by atoms with Crippen molar-refractivity contribution in [1.82, 2.24) is 4.98 Å². The maximum atomic E-state index is 6.22. The second-order valence-corrected chi connectivity index (χ2v) is 5.29. The van der Waals surface area contributed by atoms with E-state index in [4.69, 9.17) is 23.2 Å². The highest BCUT2D eigenvalue weighted by molar-refractivity contribution is 6.31. The zero-order chi connectivity index (χ0) is 13.9. The van der Waals surface area contributed by atoms with Crippen molar-refractivity contribution in [2.24, 2.45) is 0 Å². The van der Waals surface area contributed by atoms with Crippen molar-refractivity contribution in [3.05, 3.63) is 70.3 Å².